The van der Waals surface area contributed by atoms with Crippen LogP contribution in [0, 0.1) is 0 Å². The highest BCUT2D eigenvalue weighted by molar-refractivity contribution is 6.60. The summed E-state index contributed by atoms with van der Waals surface area (Å²) in [6.07, 6.45) is 10.7. The van der Waals surface area contributed by atoms with Gasteiger partial charge in [0.2, 0.25) is 0 Å². The Hall–Kier alpha value is -0.0462. The van der Waals surface area contributed by atoms with Crippen LogP contribution >= 0.6 is 0 Å². The lowest BCUT2D eigenvalue weighted by Crippen LogP contribution is -2.43. The van der Waals surface area contributed by atoms with E-state index in [1.54, 1.807) is 42.7 Å². The Morgan fingerprint density at radius 2 is 0.911 bits per heavy atom. The Morgan fingerprint density at radius 3 is 1.18 bits per heavy atom. The van der Waals surface area contributed by atoms with Gasteiger partial charge in [0.05, 0.1) is 37.6 Å². The number of likely N-dealkylation sites (N-methyl/N-ethyl adjacent to an activating group) is 2. The normalized spacial score (nSPS) is 19.2. The second-order valence-corrected chi connectivity index (χ2v) is 18.3. The van der Waals surface area contributed by atoms with Crippen molar-refractivity contribution in [2.75, 3.05) is 96.1 Å². The molecule has 2 aliphatic heterocycles. The monoisotopic (exact) mass is 686 g/mol. The highest BCUT2D eigenvalue weighted by Gasteiger charge is 2.37. The summed E-state index contributed by atoms with van der Waals surface area (Å²) in [6.45, 7) is 4.97. The second kappa shape index (κ2) is 25.9. The Bertz CT molecular complexity index is 614. The fourth-order valence-corrected chi connectivity index (χ4v) is 8.71. The number of aliphatic hydroxyl groups is 2. The van der Waals surface area contributed by atoms with Crippen molar-refractivity contribution >= 4 is 17.6 Å². The molecule has 0 aliphatic carbocycles. The number of rotatable bonds is 28. The Labute approximate surface area is 277 Å². The molecule has 272 valence electrons. The molecule has 0 spiro atoms. The molecule has 0 aromatic heterocycles. The Morgan fingerprint density at radius 1 is 0.600 bits per heavy atom. The predicted octanol–water partition coefficient (Wildman–Crippen LogP) is 3.65. The molecular formula is C31H70N2O10Si2. The van der Waals surface area contributed by atoms with Crippen molar-refractivity contribution in [2.45, 2.75) is 108 Å². The van der Waals surface area contributed by atoms with Gasteiger partial charge in [-0.15, -0.1) is 0 Å². The first kappa shape index (κ1) is 45.0. The maximum atomic E-state index is 10.3. The molecule has 0 saturated carbocycles. The summed E-state index contributed by atoms with van der Waals surface area (Å²) in [4.78, 5) is 4.26. The zero-order chi connectivity index (χ0) is 32.8. The SMILES string of the molecule is C.C(CCC1CO1)CC1CO1.CO[Si](CCCN(C)CC(O)CCCCC(O)CN(C)CCC[Si](OC)(OC)OC)(OC)OC. The quantitative estimate of drug-likeness (QED) is 0.0709. The van der Waals surface area contributed by atoms with Gasteiger partial charge in [-0.3, -0.25) is 0 Å². The van der Waals surface area contributed by atoms with Gasteiger partial charge in [0.15, 0.2) is 0 Å². The van der Waals surface area contributed by atoms with Gasteiger partial charge >= 0.3 is 17.6 Å². The van der Waals surface area contributed by atoms with Crippen molar-refractivity contribution in [3.05, 3.63) is 0 Å². The van der Waals surface area contributed by atoms with Crippen LogP contribution in [0.5, 0.6) is 0 Å². The third-order valence-electron chi connectivity index (χ3n) is 8.39. The van der Waals surface area contributed by atoms with Crippen LogP contribution in [0.1, 0.15) is 71.6 Å². The van der Waals surface area contributed by atoms with Gasteiger partial charge < -0.3 is 56.0 Å². The molecule has 12 nitrogen and oxygen atoms in total. The molecule has 2 N–H and O–H groups in total. The van der Waals surface area contributed by atoms with E-state index in [1.807, 2.05) is 14.1 Å². The number of epoxide rings is 2. The summed E-state index contributed by atoms with van der Waals surface area (Å²) < 4.78 is 42.9. The first-order valence-corrected chi connectivity index (χ1v) is 20.2. The minimum absolute atomic E-state index is 0. The third-order valence-corrected chi connectivity index (χ3v) is 14.1. The van der Waals surface area contributed by atoms with Crippen LogP contribution in [-0.4, -0.2) is 158 Å². The van der Waals surface area contributed by atoms with Crippen LogP contribution in [0.25, 0.3) is 0 Å². The smallest absolute Gasteiger partial charge is 0.392 e. The van der Waals surface area contributed by atoms with Crippen molar-refractivity contribution in [3.8, 4) is 0 Å². The number of unbranched alkanes of at least 4 members (excludes halogenated alkanes) is 2. The molecular weight excluding hydrogens is 617 g/mol. The molecule has 2 aliphatic rings. The predicted molar refractivity (Wildman–Crippen MR) is 183 cm³/mol. The number of ether oxygens (including phenoxy) is 2. The van der Waals surface area contributed by atoms with Gasteiger partial charge in [0, 0.05) is 67.8 Å². The van der Waals surface area contributed by atoms with Gasteiger partial charge in [-0.05, 0) is 65.7 Å². The number of hydrogen-bond acceptors (Lipinski definition) is 12. The fraction of sp³-hybridized carbons (Fsp3) is 1.00. The number of aliphatic hydroxyl groups excluding tert-OH is 2. The summed E-state index contributed by atoms with van der Waals surface area (Å²) in [6, 6.07) is 1.49. The van der Waals surface area contributed by atoms with Crippen molar-refractivity contribution in [1.29, 1.82) is 0 Å². The van der Waals surface area contributed by atoms with Crippen LogP contribution in [0.3, 0.4) is 0 Å². The van der Waals surface area contributed by atoms with Crippen LogP contribution < -0.4 is 0 Å². The summed E-state index contributed by atoms with van der Waals surface area (Å²) in [5.41, 5.74) is 0. The van der Waals surface area contributed by atoms with Gasteiger partial charge in [0.1, 0.15) is 0 Å². The first-order chi connectivity index (χ1) is 21.1. The van der Waals surface area contributed by atoms with Crippen LogP contribution in [0.2, 0.25) is 12.1 Å². The number of hydrogen-bond donors (Lipinski definition) is 2. The van der Waals surface area contributed by atoms with E-state index >= 15 is 0 Å². The van der Waals surface area contributed by atoms with E-state index in [9.17, 15) is 10.2 Å². The lowest BCUT2D eigenvalue weighted by atomic mass is 10.1. The molecule has 0 amide bonds. The first-order valence-electron chi connectivity index (χ1n) is 16.4. The van der Waals surface area contributed by atoms with E-state index in [1.165, 1.54) is 25.7 Å². The molecule has 45 heavy (non-hydrogen) atoms. The lowest BCUT2D eigenvalue weighted by Gasteiger charge is -2.26. The lowest BCUT2D eigenvalue weighted by molar-refractivity contribution is 0.0990. The van der Waals surface area contributed by atoms with Crippen molar-refractivity contribution in [1.82, 2.24) is 9.80 Å². The summed E-state index contributed by atoms with van der Waals surface area (Å²) in [7, 11) is 8.72. The highest BCUT2D eigenvalue weighted by atomic mass is 28.4. The molecule has 2 fully saturated rings. The Kier molecular flexibility index (Phi) is 25.9. The van der Waals surface area contributed by atoms with E-state index in [-0.39, 0.29) is 19.6 Å². The van der Waals surface area contributed by atoms with E-state index in [2.05, 4.69) is 9.80 Å². The van der Waals surface area contributed by atoms with Crippen LogP contribution in [0.15, 0.2) is 0 Å². The molecule has 0 aromatic rings. The maximum absolute atomic E-state index is 10.3. The summed E-state index contributed by atoms with van der Waals surface area (Å²) in [5, 5.41) is 20.7. The van der Waals surface area contributed by atoms with Gasteiger partial charge in [-0.2, -0.15) is 0 Å². The average Bonchev–Trinajstić information content (AvgIpc) is 3.95. The fourth-order valence-electron chi connectivity index (χ4n) is 5.30. The third kappa shape index (κ3) is 21.5. The minimum atomic E-state index is -2.53. The molecule has 0 bridgehead atoms. The molecule has 0 radical (unpaired) electrons. The van der Waals surface area contributed by atoms with Crippen molar-refractivity contribution < 1.29 is 46.2 Å². The van der Waals surface area contributed by atoms with Crippen molar-refractivity contribution in [3.63, 3.8) is 0 Å². The van der Waals surface area contributed by atoms with E-state index in [4.69, 9.17) is 36.0 Å². The minimum Gasteiger partial charge on any atom is -0.392 e. The largest absolute Gasteiger partial charge is 0.500 e. The van der Waals surface area contributed by atoms with Crippen molar-refractivity contribution in [2.24, 2.45) is 0 Å². The molecule has 2 rings (SSSR count). The molecule has 4 unspecified atom stereocenters. The Balaban J connectivity index is 0.00000146. The summed E-state index contributed by atoms with van der Waals surface area (Å²) >= 11 is 0. The molecule has 14 heteroatoms. The second-order valence-electron chi connectivity index (χ2n) is 12.1. The van der Waals surface area contributed by atoms with E-state index in [0.29, 0.717) is 25.3 Å². The summed E-state index contributed by atoms with van der Waals surface area (Å²) in [5.74, 6) is 0. The highest BCUT2D eigenvalue weighted by Crippen LogP contribution is 2.21. The molecule has 2 saturated heterocycles. The van der Waals surface area contributed by atoms with Crippen LogP contribution in [-0.2, 0) is 36.0 Å². The van der Waals surface area contributed by atoms with Gasteiger partial charge in [-0.1, -0.05) is 33.1 Å². The standard InChI is InChI=1S/C22H52N2O8Si2.C8H14O2.CH4/c1-23(15-11-17-33(27-3,28-4)29-5)19-21(25)13-9-10-14-22(26)20-24(2)16-12-18-34(30-6,31-7)32-8;1(3-7-5-9-7)2-4-8-6-10-8;/h21-22,25-26H,9-20H2,1-8H3;7-8H,1-6H2;1H4. The van der Waals surface area contributed by atoms with Gasteiger partial charge in [0.25, 0.3) is 0 Å². The number of nitrogens with zero attached hydrogens (tertiary/aromatic N) is 2. The van der Waals surface area contributed by atoms with Gasteiger partial charge in [-0.25, -0.2) is 0 Å². The zero-order valence-corrected chi connectivity index (χ0v) is 31.1. The zero-order valence-electron chi connectivity index (χ0n) is 29.1. The van der Waals surface area contributed by atoms with E-state index < -0.39 is 17.6 Å². The average molecular weight is 687 g/mol. The maximum Gasteiger partial charge on any atom is 0.500 e. The molecule has 0 aromatic carbocycles. The molecule has 2 heterocycles. The van der Waals surface area contributed by atoms with E-state index in [0.717, 1.165) is 76.9 Å². The van der Waals surface area contributed by atoms with Crippen LogP contribution in [0.4, 0.5) is 0 Å². The topological polar surface area (TPSA) is 127 Å². The molecule has 4 atom stereocenters.